The van der Waals surface area contributed by atoms with Crippen molar-refractivity contribution in [2.45, 2.75) is 13.8 Å². The molecule has 2 aromatic rings. The second kappa shape index (κ2) is 7.43. The van der Waals surface area contributed by atoms with Gasteiger partial charge < -0.3 is 14.7 Å². The van der Waals surface area contributed by atoms with Gasteiger partial charge in [-0.1, -0.05) is 0 Å². The summed E-state index contributed by atoms with van der Waals surface area (Å²) in [6, 6.07) is 9.38. The molecular formula is C15H19N5O2. The van der Waals surface area contributed by atoms with Gasteiger partial charge in [0.2, 0.25) is 5.69 Å². The Bertz CT molecular complexity index is 645. The molecule has 0 aliphatic rings. The van der Waals surface area contributed by atoms with Crippen LogP contribution in [0.4, 0.5) is 5.82 Å². The van der Waals surface area contributed by atoms with Crippen LogP contribution in [0.5, 0.6) is 5.75 Å². The summed E-state index contributed by atoms with van der Waals surface area (Å²) < 4.78 is 5.40. The Hall–Kier alpha value is -2.59. The van der Waals surface area contributed by atoms with Gasteiger partial charge in [-0.15, -0.1) is 15.0 Å². The second-order valence-electron chi connectivity index (χ2n) is 4.50. The van der Waals surface area contributed by atoms with Crippen molar-refractivity contribution in [2.24, 2.45) is 0 Å². The molecule has 0 bridgehead atoms. The number of hydrogen-bond acceptors (Lipinski definition) is 6. The van der Waals surface area contributed by atoms with E-state index >= 15 is 0 Å². The van der Waals surface area contributed by atoms with Crippen LogP contribution in [-0.4, -0.2) is 46.4 Å². The highest BCUT2D eigenvalue weighted by atomic mass is 16.5. The topological polar surface area (TPSA) is 87.2 Å². The molecular weight excluding hydrogens is 282 g/mol. The molecule has 0 unspecified atom stereocenters. The van der Waals surface area contributed by atoms with E-state index < -0.39 is 0 Å². The van der Waals surface area contributed by atoms with Gasteiger partial charge in [0.1, 0.15) is 11.8 Å². The van der Waals surface area contributed by atoms with Crippen molar-refractivity contribution < 1.29 is 9.84 Å². The number of aliphatic hydroxyl groups excluding tert-OH is 1. The van der Waals surface area contributed by atoms with Crippen molar-refractivity contribution in [3.8, 4) is 17.5 Å². The average Bonchev–Trinajstić information content (AvgIpc) is 2.97. The molecule has 0 radical (unpaired) electrons. The van der Waals surface area contributed by atoms with Crippen LogP contribution in [0.3, 0.4) is 0 Å². The van der Waals surface area contributed by atoms with Crippen LogP contribution in [0.15, 0.2) is 24.3 Å². The first-order valence-electron chi connectivity index (χ1n) is 7.20. The fourth-order valence-electron chi connectivity index (χ4n) is 2.08. The Balaban J connectivity index is 2.32. The second-order valence-corrected chi connectivity index (χ2v) is 4.50. The summed E-state index contributed by atoms with van der Waals surface area (Å²) in [6.45, 7) is 5.51. The van der Waals surface area contributed by atoms with E-state index in [4.69, 9.17) is 9.84 Å². The van der Waals surface area contributed by atoms with Gasteiger partial charge >= 0.3 is 0 Å². The molecule has 0 saturated heterocycles. The molecule has 0 fully saturated rings. The first-order chi connectivity index (χ1) is 10.7. The van der Waals surface area contributed by atoms with Crippen LogP contribution in [0.1, 0.15) is 19.5 Å². The zero-order chi connectivity index (χ0) is 15.9. The van der Waals surface area contributed by atoms with Crippen molar-refractivity contribution in [1.29, 1.82) is 5.26 Å². The maximum atomic E-state index is 9.23. The standard InChI is InChI=1S/C15H19N5O2/c1-3-19(9-10-21)15-14(11-16)17-20(18-15)12-5-7-13(8-6-12)22-4-2/h5-8,21H,3-4,9-10H2,1-2H3. The predicted octanol–water partition coefficient (Wildman–Crippen LogP) is 1.36. The lowest BCUT2D eigenvalue weighted by Crippen LogP contribution is -2.27. The molecule has 0 saturated carbocycles. The first-order valence-corrected chi connectivity index (χ1v) is 7.20. The zero-order valence-electron chi connectivity index (χ0n) is 12.7. The summed E-state index contributed by atoms with van der Waals surface area (Å²) in [7, 11) is 0. The number of likely N-dealkylation sites (N-methyl/N-ethyl adjacent to an activating group) is 1. The Morgan fingerprint density at radius 1 is 1.27 bits per heavy atom. The van der Waals surface area contributed by atoms with Crippen LogP contribution in [0.2, 0.25) is 0 Å². The lowest BCUT2D eigenvalue weighted by Gasteiger charge is -2.18. The molecule has 0 amide bonds. The third kappa shape index (κ3) is 3.35. The minimum Gasteiger partial charge on any atom is -0.494 e. The van der Waals surface area contributed by atoms with Gasteiger partial charge in [0, 0.05) is 13.1 Å². The number of hydrogen-bond donors (Lipinski definition) is 1. The van der Waals surface area contributed by atoms with E-state index in [2.05, 4.69) is 10.2 Å². The maximum absolute atomic E-state index is 9.23. The van der Waals surface area contributed by atoms with Crippen molar-refractivity contribution >= 4 is 5.82 Å². The van der Waals surface area contributed by atoms with Crippen molar-refractivity contribution in [2.75, 3.05) is 31.2 Å². The molecule has 116 valence electrons. The van der Waals surface area contributed by atoms with E-state index in [9.17, 15) is 5.26 Å². The van der Waals surface area contributed by atoms with Crippen molar-refractivity contribution in [1.82, 2.24) is 15.0 Å². The number of benzene rings is 1. The smallest absolute Gasteiger partial charge is 0.207 e. The van der Waals surface area contributed by atoms with Gasteiger partial charge in [0.25, 0.3) is 0 Å². The summed E-state index contributed by atoms with van der Waals surface area (Å²) in [6.07, 6.45) is 0. The summed E-state index contributed by atoms with van der Waals surface area (Å²) in [5, 5.41) is 26.9. The van der Waals surface area contributed by atoms with E-state index in [0.29, 0.717) is 25.5 Å². The lowest BCUT2D eigenvalue weighted by atomic mass is 10.3. The van der Waals surface area contributed by atoms with E-state index in [1.165, 1.54) is 4.80 Å². The normalized spacial score (nSPS) is 10.3. The average molecular weight is 301 g/mol. The minimum atomic E-state index is -0.00534. The van der Waals surface area contributed by atoms with Gasteiger partial charge in [-0.05, 0) is 38.1 Å². The number of aliphatic hydroxyl groups is 1. The van der Waals surface area contributed by atoms with Crippen LogP contribution >= 0.6 is 0 Å². The Kier molecular flexibility index (Phi) is 5.33. The molecule has 22 heavy (non-hydrogen) atoms. The Labute approximate surface area is 129 Å². The molecule has 7 nitrogen and oxygen atoms in total. The van der Waals surface area contributed by atoms with E-state index in [0.717, 1.165) is 11.4 Å². The molecule has 1 N–H and O–H groups in total. The highest BCUT2D eigenvalue weighted by Crippen LogP contribution is 2.19. The fourth-order valence-corrected chi connectivity index (χ4v) is 2.08. The molecule has 2 rings (SSSR count). The number of rotatable bonds is 7. The number of ether oxygens (including phenoxy) is 1. The number of anilines is 1. The van der Waals surface area contributed by atoms with Crippen LogP contribution < -0.4 is 9.64 Å². The van der Waals surface area contributed by atoms with Gasteiger partial charge in [0.15, 0.2) is 5.82 Å². The molecule has 1 aromatic heterocycles. The maximum Gasteiger partial charge on any atom is 0.207 e. The Morgan fingerprint density at radius 2 is 2.00 bits per heavy atom. The van der Waals surface area contributed by atoms with Crippen molar-refractivity contribution in [3.05, 3.63) is 30.0 Å². The third-order valence-electron chi connectivity index (χ3n) is 3.13. The van der Waals surface area contributed by atoms with E-state index in [-0.39, 0.29) is 12.3 Å². The molecule has 0 spiro atoms. The van der Waals surface area contributed by atoms with Crippen LogP contribution in [0, 0.1) is 11.3 Å². The molecule has 7 heteroatoms. The molecule has 0 atom stereocenters. The van der Waals surface area contributed by atoms with Gasteiger partial charge in [-0.2, -0.15) is 5.26 Å². The summed E-state index contributed by atoms with van der Waals surface area (Å²) in [5.41, 5.74) is 0.982. The molecule has 0 aliphatic heterocycles. The van der Waals surface area contributed by atoms with Crippen LogP contribution in [-0.2, 0) is 0 Å². The molecule has 0 aliphatic carbocycles. The molecule has 1 heterocycles. The summed E-state index contributed by atoms with van der Waals surface area (Å²) >= 11 is 0. The highest BCUT2D eigenvalue weighted by molar-refractivity contribution is 5.50. The van der Waals surface area contributed by atoms with Gasteiger partial charge in [-0.25, -0.2) is 0 Å². The highest BCUT2D eigenvalue weighted by Gasteiger charge is 2.17. The summed E-state index contributed by atoms with van der Waals surface area (Å²) in [4.78, 5) is 3.24. The predicted molar refractivity (Wildman–Crippen MR) is 82.2 cm³/mol. The monoisotopic (exact) mass is 301 g/mol. The zero-order valence-corrected chi connectivity index (χ0v) is 12.7. The van der Waals surface area contributed by atoms with Crippen molar-refractivity contribution in [3.63, 3.8) is 0 Å². The largest absolute Gasteiger partial charge is 0.494 e. The summed E-state index contributed by atoms with van der Waals surface area (Å²) in [5.74, 6) is 1.25. The Morgan fingerprint density at radius 3 is 2.55 bits per heavy atom. The van der Waals surface area contributed by atoms with Crippen LogP contribution in [0.25, 0.3) is 5.69 Å². The SMILES string of the molecule is CCOc1ccc(-n2nc(C#N)c(N(CC)CCO)n2)cc1. The number of aromatic nitrogens is 3. The minimum absolute atomic E-state index is 0.00534. The third-order valence-corrected chi connectivity index (χ3v) is 3.13. The lowest BCUT2D eigenvalue weighted by molar-refractivity contribution is 0.302. The quantitative estimate of drug-likeness (QED) is 0.830. The van der Waals surface area contributed by atoms with Gasteiger partial charge in [0.05, 0.1) is 18.9 Å². The van der Waals surface area contributed by atoms with E-state index in [1.54, 1.807) is 0 Å². The molecule has 1 aromatic carbocycles. The fraction of sp³-hybridized carbons (Fsp3) is 0.400. The van der Waals surface area contributed by atoms with Gasteiger partial charge in [-0.3, -0.25) is 0 Å². The number of nitriles is 1. The van der Waals surface area contributed by atoms with E-state index in [1.807, 2.05) is 49.1 Å². The number of nitrogens with zero attached hydrogens (tertiary/aromatic N) is 5. The first kappa shape index (κ1) is 15.8.